The summed E-state index contributed by atoms with van der Waals surface area (Å²) in [6, 6.07) is 11.9. The van der Waals surface area contributed by atoms with Crippen molar-refractivity contribution < 1.29 is 26.4 Å². The number of amides is 1. The summed E-state index contributed by atoms with van der Waals surface area (Å²) in [5.74, 6) is -0.0837. The fourth-order valence-electron chi connectivity index (χ4n) is 3.21. The zero-order valence-corrected chi connectivity index (χ0v) is 19.3. The first-order chi connectivity index (χ1) is 14.6. The molecule has 3 rings (SSSR count). The molecular formula is C20H23ClN2O6S2. The van der Waals surface area contributed by atoms with Gasteiger partial charge in [-0.1, -0.05) is 11.6 Å². The second-order valence-corrected chi connectivity index (χ2v) is 11.5. The van der Waals surface area contributed by atoms with Crippen LogP contribution >= 0.6 is 11.6 Å². The van der Waals surface area contributed by atoms with Crippen LogP contribution in [0.5, 0.6) is 5.75 Å². The molecule has 0 radical (unpaired) electrons. The van der Waals surface area contributed by atoms with Crippen LogP contribution in [0.25, 0.3) is 0 Å². The summed E-state index contributed by atoms with van der Waals surface area (Å²) in [5, 5.41) is 0.428. The van der Waals surface area contributed by atoms with Crippen LogP contribution in [0.1, 0.15) is 6.42 Å². The number of rotatable bonds is 7. The van der Waals surface area contributed by atoms with Gasteiger partial charge in [0.05, 0.1) is 22.7 Å². The van der Waals surface area contributed by atoms with Crippen molar-refractivity contribution in [2.45, 2.75) is 16.2 Å². The minimum atomic E-state index is -3.68. The van der Waals surface area contributed by atoms with Crippen LogP contribution in [0.3, 0.4) is 0 Å². The van der Waals surface area contributed by atoms with Crippen LogP contribution < -0.4 is 4.74 Å². The Kier molecular flexibility index (Phi) is 7.25. The lowest BCUT2D eigenvalue weighted by atomic mass is 10.3. The average molecular weight is 487 g/mol. The van der Waals surface area contributed by atoms with Crippen molar-refractivity contribution in [3.63, 3.8) is 0 Å². The molecule has 1 saturated heterocycles. The van der Waals surface area contributed by atoms with E-state index in [4.69, 9.17) is 16.3 Å². The van der Waals surface area contributed by atoms with Crippen LogP contribution in [0.4, 0.5) is 0 Å². The van der Waals surface area contributed by atoms with Crippen molar-refractivity contribution in [1.29, 1.82) is 0 Å². The number of carbonyl (C=O) groups excluding carboxylic acids is 1. The van der Waals surface area contributed by atoms with Gasteiger partial charge in [0.2, 0.25) is 15.9 Å². The van der Waals surface area contributed by atoms with Crippen LogP contribution in [-0.2, 0) is 24.7 Å². The molecule has 1 fully saturated rings. The Hall–Kier alpha value is -2.14. The first-order valence-electron chi connectivity index (χ1n) is 9.54. The number of sulfone groups is 1. The van der Waals surface area contributed by atoms with Crippen molar-refractivity contribution in [1.82, 2.24) is 9.21 Å². The zero-order chi connectivity index (χ0) is 22.6. The highest BCUT2D eigenvalue weighted by Gasteiger charge is 2.30. The standard InChI is InChI=1S/C20H23ClN2O6S2/c1-29-17-4-8-19(9-5-17)31(27,28)23-13-11-22(12-14-23)20(24)10-15-30(25,26)18-6-2-16(21)3-7-18/h2-9H,10-15H2,1H3. The molecule has 0 saturated carbocycles. The van der Waals surface area contributed by atoms with Gasteiger partial charge in [0.25, 0.3) is 0 Å². The summed E-state index contributed by atoms with van der Waals surface area (Å²) in [5.41, 5.74) is 0. The average Bonchev–Trinajstić information content (AvgIpc) is 2.78. The van der Waals surface area contributed by atoms with Gasteiger partial charge in [-0.05, 0) is 48.5 Å². The van der Waals surface area contributed by atoms with Crippen LogP contribution in [0.15, 0.2) is 58.3 Å². The Balaban J connectivity index is 1.56. The van der Waals surface area contributed by atoms with E-state index in [0.29, 0.717) is 10.8 Å². The van der Waals surface area contributed by atoms with Gasteiger partial charge in [0.1, 0.15) is 5.75 Å². The lowest BCUT2D eigenvalue weighted by molar-refractivity contribution is -0.131. The lowest BCUT2D eigenvalue weighted by Crippen LogP contribution is -2.50. The molecule has 0 N–H and O–H groups in total. The third-order valence-electron chi connectivity index (χ3n) is 5.05. The van der Waals surface area contributed by atoms with Gasteiger partial charge < -0.3 is 9.64 Å². The highest BCUT2D eigenvalue weighted by Crippen LogP contribution is 2.21. The van der Waals surface area contributed by atoms with E-state index in [1.54, 1.807) is 12.1 Å². The monoisotopic (exact) mass is 486 g/mol. The Bertz CT molecular complexity index is 1130. The summed E-state index contributed by atoms with van der Waals surface area (Å²) in [7, 11) is -5.79. The van der Waals surface area contributed by atoms with Gasteiger partial charge in [-0.15, -0.1) is 0 Å². The van der Waals surface area contributed by atoms with Gasteiger partial charge in [0.15, 0.2) is 9.84 Å². The fourth-order valence-corrected chi connectivity index (χ4v) is 5.99. The number of hydrogen-bond donors (Lipinski definition) is 0. The van der Waals surface area contributed by atoms with Crippen LogP contribution in [0.2, 0.25) is 5.02 Å². The quantitative estimate of drug-likeness (QED) is 0.593. The second-order valence-electron chi connectivity index (χ2n) is 6.98. The third-order valence-corrected chi connectivity index (χ3v) is 8.94. The molecule has 0 spiro atoms. The van der Waals surface area contributed by atoms with E-state index < -0.39 is 19.9 Å². The molecule has 1 aliphatic heterocycles. The summed E-state index contributed by atoms with van der Waals surface area (Å²) in [6.45, 7) is 0.693. The van der Waals surface area contributed by atoms with E-state index in [0.717, 1.165) is 0 Å². The minimum Gasteiger partial charge on any atom is -0.497 e. The normalized spacial score (nSPS) is 15.6. The Morgan fingerprint density at radius 1 is 0.903 bits per heavy atom. The SMILES string of the molecule is COc1ccc(S(=O)(=O)N2CCN(C(=O)CCS(=O)(=O)c3ccc(Cl)cc3)CC2)cc1. The van der Waals surface area contributed by atoms with Crippen molar-refractivity contribution in [3.8, 4) is 5.75 Å². The molecule has 1 amide bonds. The van der Waals surface area contributed by atoms with Crippen molar-refractivity contribution >= 4 is 37.4 Å². The topological polar surface area (TPSA) is 101 Å². The Morgan fingerprint density at radius 3 is 2.00 bits per heavy atom. The number of methoxy groups -OCH3 is 1. The van der Waals surface area contributed by atoms with Crippen molar-refractivity contribution in [2.24, 2.45) is 0 Å². The number of sulfonamides is 1. The maximum absolute atomic E-state index is 12.8. The molecule has 0 bridgehead atoms. The zero-order valence-electron chi connectivity index (χ0n) is 16.9. The summed E-state index contributed by atoms with van der Waals surface area (Å²) >= 11 is 5.78. The highest BCUT2D eigenvalue weighted by molar-refractivity contribution is 7.91. The molecule has 11 heteroatoms. The van der Waals surface area contributed by atoms with Crippen molar-refractivity contribution in [2.75, 3.05) is 39.0 Å². The van der Waals surface area contributed by atoms with E-state index in [1.165, 1.54) is 52.7 Å². The Morgan fingerprint density at radius 2 is 1.45 bits per heavy atom. The number of nitrogens with zero attached hydrogens (tertiary/aromatic N) is 2. The smallest absolute Gasteiger partial charge is 0.243 e. The van der Waals surface area contributed by atoms with Crippen LogP contribution in [-0.4, -0.2) is 71.0 Å². The number of carbonyl (C=O) groups is 1. The number of ether oxygens (including phenoxy) is 1. The molecule has 8 nitrogen and oxygen atoms in total. The Labute approximate surface area is 187 Å². The number of piperazine rings is 1. The molecule has 2 aromatic rings. The molecule has 2 aromatic carbocycles. The maximum Gasteiger partial charge on any atom is 0.243 e. The molecule has 0 atom stereocenters. The minimum absolute atomic E-state index is 0.111. The number of benzene rings is 2. The van der Waals surface area contributed by atoms with E-state index in [1.807, 2.05) is 0 Å². The fraction of sp³-hybridized carbons (Fsp3) is 0.350. The van der Waals surface area contributed by atoms with Gasteiger partial charge >= 0.3 is 0 Å². The highest BCUT2D eigenvalue weighted by atomic mass is 35.5. The molecule has 0 aliphatic carbocycles. The second kappa shape index (κ2) is 9.56. The van der Waals surface area contributed by atoms with E-state index in [9.17, 15) is 21.6 Å². The molecule has 31 heavy (non-hydrogen) atoms. The molecule has 1 aliphatic rings. The summed E-state index contributed by atoms with van der Waals surface area (Å²) in [6.07, 6.45) is -0.170. The predicted octanol–water partition coefficient (Wildman–Crippen LogP) is 2.05. The third kappa shape index (κ3) is 5.57. The molecule has 1 heterocycles. The van der Waals surface area contributed by atoms with E-state index in [-0.39, 0.29) is 54.1 Å². The first-order valence-corrected chi connectivity index (χ1v) is 13.0. The van der Waals surface area contributed by atoms with E-state index in [2.05, 4.69) is 0 Å². The van der Waals surface area contributed by atoms with Gasteiger partial charge in [0, 0.05) is 37.6 Å². The first kappa shape index (κ1) is 23.5. The van der Waals surface area contributed by atoms with E-state index >= 15 is 0 Å². The molecule has 0 unspecified atom stereocenters. The van der Waals surface area contributed by atoms with Gasteiger partial charge in [-0.2, -0.15) is 4.31 Å². The molecular weight excluding hydrogens is 464 g/mol. The molecule has 0 aromatic heterocycles. The summed E-state index contributed by atoms with van der Waals surface area (Å²) in [4.78, 5) is 14.2. The molecule has 168 valence electrons. The van der Waals surface area contributed by atoms with Crippen LogP contribution in [0, 0.1) is 0 Å². The lowest BCUT2D eigenvalue weighted by Gasteiger charge is -2.34. The number of hydrogen-bond acceptors (Lipinski definition) is 6. The summed E-state index contributed by atoms with van der Waals surface area (Å²) < 4.78 is 56.8. The van der Waals surface area contributed by atoms with Crippen molar-refractivity contribution in [3.05, 3.63) is 53.6 Å². The number of halogens is 1. The van der Waals surface area contributed by atoms with Gasteiger partial charge in [-0.25, -0.2) is 16.8 Å². The largest absolute Gasteiger partial charge is 0.497 e. The maximum atomic E-state index is 12.8. The predicted molar refractivity (Wildman–Crippen MR) is 116 cm³/mol. The van der Waals surface area contributed by atoms with Gasteiger partial charge in [-0.3, -0.25) is 4.79 Å².